The van der Waals surface area contributed by atoms with Crippen molar-refractivity contribution in [2.45, 2.75) is 33.2 Å². The first kappa shape index (κ1) is 20.7. The maximum atomic E-state index is 12.0. The van der Waals surface area contributed by atoms with E-state index in [1.165, 1.54) is 6.08 Å². The molecule has 1 atom stereocenters. The van der Waals surface area contributed by atoms with E-state index in [0.29, 0.717) is 22.4 Å². The van der Waals surface area contributed by atoms with Crippen LogP contribution in [0.5, 0.6) is 5.75 Å². The molecule has 0 bridgehead atoms. The average Bonchev–Trinajstić information content (AvgIpc) is 2.58. The Labute approximate surface area is 155 Å². The van der Waals surface area contributed by atoms with Crippen LogP contribution in [-0.4, -0.2) is 31.1 Å². The molecule has 0 unspecified atom stereocenters. The number of carbonyl (C=O) groups excluding carboxylic acids is 2. The highest BCUT2D eigenvalue weighted by atomic mass is 79.9. The van der Waals surface area contributed by atoms with E-state index in [1.54, 1.807) is 25.1 Å². The Morgan fingerprint density at radius 2 is 2.12 bits per heavy atom. The van der Waals surface area contributed by atoms with Gasteiger partial charge in [-0.25, -0.2) is 4.79 Å². The maximum absolute atomic E-state index is 12.0. The van der Waals surface area contributed by atoms with Crippen LogP contribution < -0.4 is 10.1 Å². The number of amides is 1. The lowest BCUT2D eigenvalue weighted by Crippen LogP contribution is -2.32. The van der Waals surface area contributed by atoms with Crippen molar-refractivity contribution >= 4 is 33.9 Å². The number of hydrogen-bond donors (Lipinski definition) is 1. The highest BCUT2D eigenvalue weighted by molar-refractivity contribution is 9.10. The van der Waals surface area contributed by atoms with Crippen molar-refractivity contribution in [2.75, 3.05) is 13.2 Å². The molecule has 0 aliphatic carbocycles. The lowest BCUT2D eigenvalue weighted by atomic mass is 10.1. The van der Waals surface area contributed by atoms with Crippen LogP contribution in [0.15, 0.2) is 28.2 Å². The van der Waals surface area contributed by atoms with Crippen molar-refractivity contribution in [1.82, 2.24) is 5.32 Å². The molecule has 6 nitrogen and oxygen atoms in total. The van der Waals surface area contributed by atoms with Gasteiger partial charge in [0.2, 0.25) is 0 Å². The Kier molecular flexibility index (Phi) is 8.71. The summed E-state index contributed by atoms with van der Waals surface area (Å²) in [6, 6.07) is 6.95. The van der Waals surface area contributed by atoms with Gasteiger partial charge >= 0.3 is 5.97 Å². The Morgan fingerprint density at radius 1 is 1.40 bits per heavy atom. The van der Waals surface area contributed by atoms with E-state index in [0.717, 1.165) is 6.42 Å². The van der Waals surface area contributed by atoms with Crippen molar-refractivity contribution in [3.8, 4) is 11.8 Å². The number of ether oxygens (including phenoxy) is 2. The highest BCUT2D eigenvalue weighted by Crippen LogP contribution is 2.27. The molecule has 0 aromatic heterocycles. The number of esters is 1. The number of benzene rings is 1. The van der Waals surface area contributed by atoms with Crippen LogP contribution >= 0.6 is 15.9 Å². The standard InChI is InChI=1S/C18H21BrN2O4/c1-4-12(3)21-18(23)14(10-20)8-13-6-7-16(15(19)9-13)25-11-17(22)24-5-2/h6-9,12H,4-5,11H2,1-3H3,(H,21,23)/b14-8+/t12-/m1/s1. The van der Waals surface area contributed by atoms with E-state index < -0.39 is 11.9 Å². The molecule has 1 amide bonds. The Balaban J connectivity index is 2.85. The largest absolute Gasteiger partial charge is 0.481 e. The lowest BCUT2D eigenvalue weighted by molar-refractivity contribution is -0.145. The third kappa shape index (κ3) is 6.98. The molecular weight excluding hydrogens is 388 g/mol. The SMILES string of the molecule is CCOC(=O)COc1ccc(/C=C(\C#N)C(=O)N[C@H](C)CC)cc1Br. The zero-order chi connectivity index (χ0) is 18.8. The van der Waals surface area contributed by atoms with Crippen LogP contribution in [0.3, 0.4) is 0 Å². The molecule has 25 heavy (non-hydrogen) atoms. The number of nitrogens with one attached hydrogen (secondary N) is 1. The minimum absolute atomic E-state index is 0.00496. The van der Waals surface area contributed by atoms with E-state index in [9.17, 15) is 14.9 Å². The molecule has 0 saturated heterocycles. The van der Waals surface area contributed by atoms with Crippen LogP contribution in [0.25, 0.3) is 6.08 Å². The van der Waals surface area contributed by atoms with Gasteiger partial charge in [-0.3, -0.25) is 4.79 Å². The third-order valence-electron chi connectivity index (χ3n) is 3.27. The molecule has 0 aliphatic rings. The van der Waals surface area contributed by atoms with Crippen molar-refractivity contribution in [2.24, 2.45) is 0 Å². The number of nitrogens with zero attached hydrogens (tertiary/aromatic N) is 1. The maximum Gasteiger partial charge on any atom is 0.344 e. The number of carbonyl (C=O) groups is 2. The van der Waals surface area contributed by atoms with E-state index >= 15 is 0 Å². The van der Waals surface area contributed by atoms with Gasteiger partial charge in [0, 0.05) is 6.04 Å². The van der Waals surface area contributed by atoms with Gasteiger partial charge in [0.15, 0.2) is 6.61 Å². The molecule has 1 rings (SSSR count). The van der Waals surface area contributed by atoms with Crippen molar-refractivity contribution < 1.29 is 19.1 Å². The van der Waals surface area contributed by atoms with Gasteiger partial charge in [0.1, 0.15) is 17.4 Å². The Hall–Kier alpha value is -2.33. The molecule has 0 fully saturated rings. The van der Waals surface area contributed by atoms with Gasteiger partial charge in [0.05, 0.1) is 11.1 Å². The summed E-state index contributed by atoms with van der Waals surface area (Å²) in [6.45, 7) is 5.65. The molecule has 0 radical (unpaired) electrons. The summed E-state index contributed by atoms with van der Waals surface area (Å²) < 4.78 is 10.8. The summed E-state index contributed by atoms with van der Waals surface area (Å²) >= 11 is 3.35. The Bertz CT molecular complexity index is 695. The summed E-state index contributed by atoms with van der Waals surface area (Å²) in [5.74, 6) is -0.393. The topological polar surface area (TPSA) is 88.4 Å². The molecule has 0 heterocycles. The normalized spacial score (nSPS) is 12.0. The van der Waals surface area contributed by atoms with Crippen molar-refractivity contribution in [1.29, 1.82) is 5.26 Å². The number of nitriles is 1. The highest BCUT2D eigenvalue weighted by Gasteiger charge is 2.12. The zero-order valence-corrected chi connectivity index (χ0v) is 16.1. The number of rotatable bonds is 8. The van der Waals surface area contributed by atoms with Gasteiger partial charge in [-0.05, 0) is 60.0 Å². The fraction of sp³-hybridized carbons (Fsp3) is 0.389. The number of halogens is 1. The summed E-state index contributed by atoms with van der Waals surface area (Å²) in [7, 11) is 0. The fourth-order valence-electron chi connectivity index (χ4n) is 1.78. The first-order valence-electron chi connectivity index (χ1n) is 7.91. The van der Waals surface area contributed by atoms with E-state index in [4.69, 9.17) is 9.47 Å². The second-order valence-electron chi connectivity index (χ2n) is 5.24. The van der Waals surface area contributed by atoms with Gasteiger partial charge < -0.3 is 14.8 Å². The molecule has 134 valence electrons. The third-order valence-corrected chi connectivity index (χ3v) is 3.89. The second kappa shape index (κ2) is 10.5. The molecule has 1 aromatic carbocycles. The van der Waals surface area contributed by atoms with E-state index in [2.05, 4.69) is 21.2 Å². The van der Waals surface area contributed by atoms with Gasteiger partial charge in [-0.15, -0.1) is 0 Å². The molecule has 1 N–H and O–H groups in total. The van der Waals surface area contributed by atoms with Crippen molar-refractivity contribution in [3.05, 3.63) is 33.8 Å². The Morgan fingerprint density at radius 3 is 2.68 bits per heavy atom. The predicted octanol–water partition coefficient (Wildman–Crippen LogP) is 3.21. The molecule has 0 spiro atoms. The van der Waals surface area contributed by atoms with Gasteiger partial charge in [0.25, 0.3) is 5.91 Å². The molecule has 0 saturated carbocycles. The second-order valence-corrected chi connectivity index (χ2v) is 6.09. The van der Waals surface area contributed by atoms with Gasteiger partial charge in [-0.1, -0.05) is 13.0 Å². The number of hydrogen-bond acceptors (Lipinski definition) is 5. The first-order valence-corrected chi connectivity index (χ1v) is 8.71. The predicted molar refractivity (Wildman–Crippen MR) is 97.8 cm³/mol. The first-order chi connectivity index (χ1) is 11.9. The monoisotopic (exact) mass is 408 g/mol. The van der Waals surface area contributed by atoms with E-state index in [-0.39, 0.29) is 18.2 Å². The zero-order valence-electron chi connectivity index (χ0n) is 14.5. The van der Waals surface area contributed by atoms with E-state index in [1.807, 2.05) is 19.9 Å². The molecule has 7 heteroatoms. The summed E-state index contributed by atoms with van der Waals surface area (Å²) in [6.07, 6.45) is 2.28. The lowest BCUT2D eigenvalue weighted by Gasteiger charge is -2.11. The summed E-state index contributed by atoms with van der Waals surface area (Å²) in [5, 5.41) is 12.0. The average molecular weight is 409 g/mol. The molecule has 0 aliphatic heterocycles. The van der Waals surface area contributed by atoms with Crippen LogP contribution in [0.4, 0.5) is 0 Å². The smallest absolute Gasteiger partial charge is 0.344 e. The van der Waals surface area contributed by atoms with Crippen LogP contribution in [-0.2, 0) is 14.3 Å². The molecule has 1 aromatic rings. The molecular formula is C18H21BrN2O4. The summed E-state index contributed by atoms with van der Waals surface area (Å²) in [4.78, 5) is 23.4. The van der Waals surface area contributed by atoms with Gasteiger partial charge in [-0.2, -0.15) is 5.26 Å². The van der Waals surface area contributed by atoms with Crippen LogP contribution in [0, 0.1) is 11.3 Å². The van der Waals surface area contributed by atoms with Crippen LogP contribution in [0.2, 0.25) is 0 Å². The fourth-order valence-corrected chi connectivity index (χ4v) is 2.29. The van der Waals surface area contributed by atoms with Crippen LogP contribution in [0.1, 0.15) is 32.8 Å². The van der Waals surface area contributed by atoms with Crippen molar-refractivity contribution in [3.63, 3.8) is 0 Å². The minimum atomic E-state index is -0.452. The summed E-state index contributed by atoms with van der Waals surface area (Å²) in [5.41, 5.74) is 0.679. The minimum Gasteiger partial charge on any atom is -0.481 e. The quantitative estimate of drug-likeness (QED) is 0.405.